The van der Waals surface area contributed by atoms with Crippen LogP contribution in [-0.2, 0) is 4.79 Å². The van der Waals surface area contributed by atoms with Gasteiger partial charge in [-0.05, 0) is 69.7 Å². The predicted octanol–water partition coefficient (Wildman–Crippen LogP) is 3.21. The molecule has 0 bridgehead atoms. The second kappa shape index (κ2) is 5.99. The van der Waals surface area contributed by atoms with Gasteiger partial charge in [0.25, 0.3) is 0 Å². The van der Waals surface area contributed by atoms with Gasteiger partial charge in [0.2, 0.25) is 5.91 Å². The molecule has 132 valence electrons. The molecule has 1 unspecified atom stereocenters. The van der Waals surface area contributed by atoms with Gasteiger partial charge in [-0.3, -0.25) is 4.79 Å². The number of carbonyl (C=O) groups excluding carboxylic acids is 1. The highest BCUT2D eigenvalue weighted by Gasteiger charge is 2.50. The summed E-state index contributed by atoms with van der Waals surface area (Å²) in [7, 11) is 0. The summed E-state index contributed by atoms with van der Waals surface area (Å²) in [5, 5.41) is 6.59. The third-order valence-electron chi connectivity index (χ3n) is 5.96. The molecule has 2 heterocycles. The van der Waals surface area contributed by atoms with Crippen LogP contribution in [0.25, 0.3) is 5.69 Å². The Kier molecular flexibility index (Phi) is 3.91. The number of anilines is 1. The number of rotatable bonds is 3. The lowest BCUT2D eigenvalue weighted by molar-refractivity contribution is -0.126. The molecule has 1 aromatic heterocycles. The van der Waals surface area contributed by atoms with Gasteiger partial charge in [0.1, 0.15) is 0 Å². The van der Waals surface area contributed by atoms with Gasteiger partial charge < -0.3 is 15.2 Å². The first-order valence-corrected chi connectivity index (χ1v) is 9.11. The summed E-state index contributed by atoms with van der Waals surface area (Å²) in [5.74, 6) is 0.318. The minimum absolute atomic E-state index is 0.158. The van der Waals surface area contributed by atoms with Crippen LogP contribution < -0.4 is 10.6 Å². The molecule has 4 rings (SSSR count). The lowest BCUT2D eigenvalue weighted by Crippen LogP contribution is -2.44. The number of hydrogen-bond acceptors (Lipinski definition) is 3. The highest BCUT2D eigenvalue weighted by Crippen LogP contribution is 2.51. The van der Waals surface area contributed by atoms with Crippen LogP contribution in [0.5, 0.6) is 0 Å². The average Bonchev–Trinajstić information content (AvgIpc) is 3.11. The Labute approximate surface area is 148 Å². The van der Waals surface area contributed by atoms with Crippen molar-refractivity contribution < 1.29 is 4.79 Å². The zero-order valence-corrected chi connectivity index (χ0v) is 15.2. The Morgan fingerprint density at radius 1 is 1.24 bits per heavy atom. The van der Waals surface area contributed by atoms with Crippen molar-refractivity contribution >= 4 is 11.6 Å². The number of amides is 1. The predicted molar refractivity (Wildman–Crippen MR) is 98.9 cm³/mol. The molecule has 2 fully saturated rings. The number of carbonyl (C=O) groups is 1. The standard InChI is InChI=1S/C20H26N4O/c1-13-8-20(11-21-13)9-16(10-20)19(25)23-17-4-6-18(7-5-17)24-12-22-14(2)15(24)3/h4-7,12-13,16,21H,8-11H2,1-3H3,(H,23,25). The van der Waals surface area contributed by atoms with Crippen LogP contribution >= 0.6 is 0 Å². The number of nitrogens with one attached hydrogen (secondary N) is 2. The Morgan fingerprint density at radius 3 is 2.52 bits per heavy atom. The van der Waals surface area contributed by atoms with Crippen LogP contribution in [0.1, 0.15) is 37.6 Å². The summed E-state index contributed by atoms with van der Waals surface area (Å²) < 4.78 is 2.06. The van der Waals surface area contributed by atoms with Crippen LogP contribution in [0.3, 0.4) is 0 Å². The van der Waals surface area contributed by atoms with E-state index in [1.807, 2.05) is 37.5 Å². The van der Waals surface area contributed by atoms with E-state index in [0.29, 0.717) is 11.5 Å². The van der Waals surface area contributed by atoms with Gasteiger partial charge >= 0.3 is 0 Å². The van der Waals surface area contributed by atoms with Gasteiger partial charge in [-0.2, -0.15) is 0 Å². The second-order valence-electron chi connectivity index (χ2n) is 7.91. The molecule has 1 aromatic carbocycles. The largest absolute Gasteiger partial charge is 0.326 e. The van der Waals surface area contributed by atoms with Crippen molar-refractivity contribution in [2.45, 2.75) is 46.1 Å². The molecular weight excluding hydrogens is 312 g/mol. The molecule has 1 aliphatic heterocycles. The molecule has 1 aliphatic carbocycles. The molecule has 1 saturated heterocycles. The maximum absolute atomic E-state index is 12.5. The highest BCUT2D eigenvalue weighted by molar-refractivity contribution is 5.93. The van der Waals surface area contributed by atoms with E-state index in [1.165, 1.54) is 6.42 Å². The van der Waals surface area contributed by atoms with Gasteiger partial charge in [0.05, 0.1) is 12.0 Å². The Morgan fingerprint density at radius 2 is 1.96 bits per heavy atom. The number of benzene rings is 1. The molecule has 1 amide bonds. The van der Waals surface area contributed by atoms with Crippen molar-refractivity contribution in [2.75, 3.05) is 11.9 Å². The van der Waals surface area contributed by atoms with Gasteiger partial charge in [-0.1, -0.05) is 0 Å². The topological polar surface area (TPSA) is 59.0 Å². The summed E-state index contributed by atoms with van der Waals surface area (Å²) in [5.41, 5.74) is 4.47. The van der Waals surface area contributed by atoms with E-state index in [-0.39, 0.29) is 11.8 Å². The summed E-state index contributed by atoms with van der Waals surface area (Å²) in [4.78, 5) is 16.8. The van der Waals surface area contributed by atoms with E-state index in [0.717, 1.165) is 42.1 Å². The average molecular weight is 338 g/mol. The Bertz CT molecular complexity index is 787. The molecule has 1 spiro atoms. The molecule has 2 N–H and O–H groups in total. The van der Waals surface area contributed by atoms with Crippen molar-refractivity contribution in [1.29, 1.82) is 0 Å². The molecule has 1 atom stereocenters. The quantitative estimate of drug-likeness (QED) is 0.903. The van der Waals surface area contributed by atoms with Crippen LogP contribution in [0, 0.1) is 25.2 Å². The fourth-order valence-corrected chi connectivity index (χ4v) is 4.38. The van der Waals surface area contributed by atoms with Crippen molar-refractivity contribution in [2.24, 2.45) is 11.3 Å². The van der Waals surface area contributed by atoms with Crippen LogP contribution in [-0.4, -0.2) is 28.0 Å². The third-order valence-corrected chi connectivity index (χ3v) is 5.96. The molecule has 1 saturated carbocycles. The van der Waals surface area contributed by atoms with Crippen molar-refractivity contribution in [1.82, 2.24) is 14.9 Å². The smallest absolute Gasteiger partial charge is 0.227 e. The lowest BCUT2D eigenvalue weighted by Gasteiger charge is -2.44. The number of imidazole rings is 1. The van der Waals surface area contributed by atoms with Gasteiger partial charge in [0, 0.05) is 35.6 Å². The first-order valence-electron chi connectivity index (χ1n) is 9.11. The highest BCUT2D eigenvalue weighted by atomic mass is 16.1. The SMILES string of the molecule is Cc1ncn(-c2ccc(NC(=O)C3CC4(CNC(C)C4)C3)cc2)c1C. The number of hydrogen-bond donors (Lipinski definition) is 2. The van der Waals surface area contributed by atoms with E-state index < -0.39 is 0 Å². The summed E-state index contributed by atoms with van der Waals surface area (Å²) in [6.45, 7) is 7.36. The lowest BCUT2D eigenvalue weighted by atomic mass is 9.60. The van der Waals surface area contributed by atoms with Crippen molar-refractivity contribution in [3.05, 3.63) is 42.0 Å². The van der Waals surface area contributed by atoms with E-state index in [4.69, 9.17) is 0 Å². The summed E-state index contributed by atoms with van der Waals surface area (Å²) >= 11 is 0. The molecular formula is C20H26N4O. The summed E-state index contributed by atoms with van der Waals surface area (Å²) in [6.07, 6.45) is 5.07. The number of nitrogens with zero attached hydrogens (tertiary/aromatic N) is 2. The second-order valence-corrected chi connectivity index (χ2v) is 7.91. The van der Waals surface area contributed by atoms with E-state index in [9.17, 15) is 4.79 Å². The van der Waals surface area contributed by atoms with E-state index >= 15 is 0 Å². The van der Waals surface area contributed by atoms with Gasteiger partial charge in [-0.15, -0.1) is 0 Å². The minimum atomic E-state index is 0.158. The van der Waals surface area contributed by atoms with Crippen molar-refractivity contribution in [3.8, 4) is 5.69 Å². The molecule has 2 aliphatic rings. The first-order chi connectivity index (χ1) is 12.0. The first kappa shape index (κ1) is 16.3. The normalized spacial score (nSPS) is 28.1. The van der Waals surface area contributed by atoms with Crippen LogP contribution in [0.2, 0.25) is 0 Å². The zero-order valence-electron chi connectivity index (χ0n) is 15.2. The molecule has 5 heteroatoms. The fraction of sp³-hybridized carbons (Fsp3) is 0.500. The third kappa shape index (κ3) is 2.97. The molecule has 5 nitrogen and oxygen atoms in total. The zero-order chi connectivity index (χ0) is 17.6. The molecule has 2 aromatic rings. The van der Waals surface area contributed by atoms with Crippen LogP contribution in [0.4, 0.5) is 5.69 Å². The van der Waals surface area contributed by atoms with Crippen molar-refractivity contribution in [3.63, 3.8) is 0 Å². The van der Waals surface area contributed by atoms with Crippen LogP contribution in [0.15, 0.2) is 30.6 Å². The monoisotopic (exact) mass is 338 g/mol. The maximum Gasteiger partial charge on any atom is 0.227 e. The number of aromatic nitrogens is 2. The molecule has 0 radical (unpaired) electrons. The Balaban J connectivity index is 1.37. The van der Waals surface area contributed by atoms with E-state index in [2.05, 4.69) is 34.0 Å². The fourth-order valence-electron chi connectivity index (χ4n) is 4.38. The minimum Gasteiger partial charge on any atom is -0.326 e. The molecule has 25 heavy (non-hydrogen) atoms. The van der Waals surface area contributed by atoms with Gasteiger partial charge in [-0.25, -0.2) is 4.98 Å². The number of aryl methyl sites for hydroxylation is 1. The van der Waals surface area contributed by atoms with E-state index in [1.54, 1.807) is 0 Å². The maximum atomic E-state index is 12.5. The van der Waals surface area contributed by atoms with Gasteiger partial charge in [0.15, 0.2) is 0 Å². The summed E-state index contributed by atoms with van der Waals surface area (Å²) in [6, 6.07) is 8.57. The Hall–Kier alpha value is -2.14.